The molecule has 8 heteroatoms. The monoisotopic (exact) mass is 408 g/mol. The molecular formula is C19H28N4O2S2. The van der Waals surface area contributed by atoms with Crippen molar-refractivity contribution in [3.8, 4) is 11.4 Å². The van der Waals surface area contributed by atoms with Gasteiger partial charge in [-0.2, -0.15) is 5.10 Å². The van der Waals surface area contributed by atoms with Crippen molar-refractivity contribution in [2.75, 3.05) is 18.1 Å². The summed E-state index contributed by atoms with van der Waals surface area (Å²) < 4.78 is 28.3. The third-order valence-electron chi connectivity index (χ3n) is 4.96. The van der Waals surface area contributed by atoms with Crippen molar-refractivity contribution in [1.29, 1.82) is 0 Å². The van der Waals surface area contributed by atoms with Crippen molar-refractivity contribution >= 4 is 22.1 Å². The number of hydrogen-bond donors (Lipinski definition) is 0. The molecule has 1 aliphatic rings. The second-order valence-corrected chi connectivity index (χ2v) is 10.5. The number of hydrogen-bond acceptors (Lipinski definition) is 5. The molecule has 1 unspecified atom stereocenters. The second-order valence-electron chi connectivity index (χ2n) is 7.90. The minimum atomic E-state index is -2.93. The van der Waals surface area contributed by atoms with E-state index < -0.39 is 9.84 Å². The van der Waals surface area contributed by atoms with Gasteiger partial charge < -0.3 is 4.57 Å². The maximum atomic E-state index is 12.0. The van der Waals surface area contributed by atoms with E-state index in [-0.39, 0.29) is 17.5 Å². The van der Waals surface area contributed by atoms with Gasteiger partial charge in [0.15, 0.2) is 20.4 Å². The first-order chi connectivity index (χ1) is 12.7. The topological polar surface area (TPSA) is 60.1 Å². The molecule has 148 valence electrons. The van der Waals surface area contributed by atoms with Gasteiger partial charge in [0.2, 0.25) is 0 Å². The molecule has 27 heavy (non-hydrogen) atoms. The summed E-state index contributed by atoms with van der Waals surface area (Å²) in [7, 11) is -1.01. The summed E-state index contributed by atoms with van der Waals surface area (Å²) in [5.41, 5.74) is 2.20. The van der Waals surface area contributed by atoms with Crippen LogP contribution in [0.15, 0.2) is 24.3 Å². The molecule has 1 aromatic heterocycles. The zero-order valence-corrected chi connectivity index (χ0v) is 18.1. The van der Waals surface area contributed by atoms with Gasteiger partial charge in [-0.1, -0.05) is 37.6 Å². The van der Waals surface area contributed by atoms with Crippen LogP contribution in [-0.2, 0) is 23.6 Å². The van der Waals surface area contributed by atoms with Gasteiger partial charge in [0.1, 0.15) is 0 Å². The molecule has 1 saturated heterocycles. The van der Waals surface area contributed by atoms with E-state index in [1.54, 1.807) is 0 Å². The van der Waals surface area contributed by atoms with Gasteiger partial charge in [-0.25, -0.2) is 13.1 Å². The van der Waals surface area contributed by atoms with Crippen LogP contribution in [0.5, 0.6) is 0 Å². The quantitative estimate of drug-likeness (QED) is 0.688. The molecule has 3 rings (SSSR count). The largest absolute Gasteiger partial charge is 0.303 e. The fraction of sp³-hybridized carbons (Fsp3) is 0.579. The van der Waals surface area contributed by atoms with Crippen molar-refractivity contribution < 1.29 is 8.42 Å². The molecule has 2 aromatic rings. The van der Waals surface area contributed by atoms with Gasteiger partial charge in [0.25, 0.3) is 0 Å². The summed E-state index contributed by atoms with van der Waals surface area (Å²) in [6.07, 6.45) is 0.681. The standard InChI is InChI=1S/C19H28N4O2S2/c1-14(2)11-22(17-8-9-27(24,25)12-17)13-23-19(26)21(4)18(20-23)16-7-5-6-15(3)10-16/h5-7,10,14,17H,8-9,11-13H2,1-4H3. The highest BCUT2D eigenvalue weighted by Crippen LogP contribution is 2.22. The predicted molar refractivity (Wildman–Crippen MR) is 111 cm³/mol. The third kappa shape index (κ3) is 4.67. The number of aromatic nitrogens is 3. The highest BCUT2D eigenvalue weighted by Gasteiger charge is 2.33. The van der Waals surface area contributed by atoms with Crippen molar-refractivity contribution in [1.82, 2.24) is 19.2 Å². The summed E-state index contributed by atoms with van der Waals surface area (Å²) in [5, 5.41) is 4.76. The third-order valence-corrected chi connectivity index (χ3v) is 7.19. The van der Waals surface area contributed by atoms with E-state index in [4.69, 9.17) is 17.3 Å². The van der Waals surface area contributed by atoms with Crippen molar-refractivity contribution in [3.05, 3.63) is 34.6 Å². The van der Waals surface area contributed by atoms with E-state index in [1.807, 2.05) is 28.4 Å². The lowest BCUT2D eigenvalue weighted by Gasteiger charge is -2.29. The van der Waals surface area contributed by atoms with Crippen molar-refractivity contribution in [2.24, 2.45) is 13.0 Å². The summed E-state index contributed by atoms with van der Waals surface area (Å²) >= 11 is 5.62. The fourth-order valence-electron chi connectivity index (χ4n) is 3.64. The average molecular weight is 409 g/mol. The van der Waals surface area contributed by atoms with Gasteiger partial charge in [-0.05, 0) is 37.5 Å². The number of sulfone groups is 1. The molecule has 1 atom stereocenters. The summed E-state index contributed by atoms with van der Waals surface area (Å²) in [6.45, 7) is 7.67. The highest BCUT2D eigenvalue weighted by molar-refractivity contribution is 7.91. The molecule has 0 radical (unpaired) electrons. The molecule has 2 heterocycles. The van der Waals surface area contributed by atoms with Gasteiger partial charge >= 0.3 is 0 Å². The zero-order valence-electron chi connectivity index (χ0n) is 16.4. The van der Waals surface area contributed by atoms with Crippen LogP contribution >= 0.6 is 12.2 Å². The van der Waals surface area contributed by atoms with Gasteiger partial charge in [0, 0.05) is 25.2 Å². The molecule has 1 fully saturated rings. The minimum Gasteiger partial charge on any atom is -0.303 e. The number of benzene rings is 1. The first-order valence-corrected chi connectivity index (χ1v) is 11.5. The smallest absolute Gasteiger partial charge is 0.199 e. The van der Waals surface area contributed by atoms with E-state index in [0.717, 1.165) is 17.9 Å². The molecule has 0 aliphatic carbocycles. The van der Waals surface area contributed by atoms with E-state index in [9.17, 15) is 8.42 Å². The van der Waals surface area contributed by atoms with E-state index in [0.29, 0.717) is 23.8 Å². The lowest BCUT2D eigenvalue weighted by atomic mass is 10.1. The Bertz CT molecular complexity index is 976. The van der Waals surface area contributed by atoms with Crippen molar-refractivity contribution in [3.63, 3.8) is 0 Å². The Kier molecular flexibility index (Phi) is 5.88. The van der Waals surface area contributed by atoms with Crippen LogP contribution in [0.3, 0.4) is 0 Å². The van der Waals surface area contributed by atoms with Crippen LogP contribution in [-0.4, -0.2) is 51.8 Å². The molecule has 0 amide bonds. The Hall–Kier alpha value is -1.51. The minimum absolute atomic E-state index is 0.0312. The zero-order chi connectivity index (χ0) is 19.8. The second kappa shape index (κ2) is 7.85. The maximum absolute atomic E-state index is 12.0. The van der Waals surface area contributed by atoms with Gasteiger partial charge in [-0.3, -0.25) is 4.90 Å². The van der Waals surface area contributed by atoms with E-state index >= 15 is 0 Å². The highest BCUT2D eigenvalue weighted by atomic mass is 32.2. The number of rotatable bonds is 6. The molecule has 0 N–H and O–H groups in total. The molecule has 0 bridgehead atoms. The van der Waals surface area contributed by atoms with Gasteiger partial charge in [0.05, 0.1) is 18.2 Å². The van der Waals surface area contributed by atoms with Crippen LogP contribution in [0.25, 0.3) is 11.4 Å². The molecular weight excluding hydrogens is 380 g/mol. The van der Waals surface area contributed by atoms with E-state index in [1.165, 1.54) is 5.56 Å². The van der Waals surface area contributed by atoms with Crippen molar-refractivity contribution in [2.45, 2.75) is 39.9 Å². The Morgan fingerprint density at radius 1 is 1.37 bits per heavy atom. The first-order valence-electron chi connectivity index (χ1n) is 9.31. The Labute approximate surface area is 166 Å². The molecule has 1 aliphatic heterocycles. The SMILES string of the molecule is Cc1cccc(-c2nn(CN(CC(C)C)C3CCS(=O)(=O)C3)c(=S)n2C)c1. The summed E-state index contributed by atoms with van der Waals surface area (Å²) in [5.74, 6) is 1.76. The summed E-state index contributed by atoms with van der Waals surface area (Å²) in [6, 6.07) is 8.23. The maximum Gasteiger partial charge on any atom is 0.199 e. The molecule has 0 saturated carbocycles. The first kappa shape index (κ1) is 20.2. The Morgan fingerprint density at radius 3 is 2.70 bits per heavy atom. The van der Waals surface area contributed by atoms with Crippen LogP contribution < -0.4 is 0 Å². The summed E-state index contributed by atoms with van der Waals surface area (Å²) in [4.78, 5) is 2.22. The number of nitrogens with zero attached hydrogens (tertiary/aromatic N) is 4. The van der Waals surface area contributed by atoms with Crippen LogP contribution in [0, 0.1) is 17.6 Å². The predicted octanol–water partition coefficient (Wildman–Crippen LogP) is 3.03. The lowest BCUT2D eigenvalue weighted by molar-refractivity contribution is 0.137. The Morgan fingerprint density at radius 2 is 2.11 bits per heavy atom. The molecule has 6 nitrogen and oxygen atoms in total. The molecule has 0 spiro atoms. The normalized spacial score (nSPS) is 19.3. The number of aryl methyl sites for hydroxylation is 1. The van der Waals surface area contributed by atoms with Crippen LogP contribution in [0.2, 0.25) is 0 Å². The van der Waals surface area contributed by atoms with Crippen LogP contribution in [0.1, 0.15) is 25.8 Å². The van der Waals surface area contributed by atoms with E-state index in [2.05, 4.69) is 37.8 Å². The lowest BCUT2D eigenvalue weighted by Crippen LogP contribution is -2.40. The van der Waals surface area contributed by atoms with Gasteiger partial charge in [-0.15, -0.1) is 0 Å². The van der Waals surface area contributed by atoms with Crippen LogP contribution in [0.4, 0.5) is 0 Å². The molecule has 1 aromatic carbocycles. The Balaban J connectivity index is 1.90. The average Bonchev–Trinajstić information content (AvgIpc) is 3.08. The fourth-order valence-corrected chi connectivity index (χ4v) is 5.59.